The highest BCUT2D eigenvalue weighted by Crippen LogP contribution is 2.35. The zero-order valence-electron chi connectivity index (χ0n) is 21.4. The Hall–Kier alpha value is -4.15. The molecule has 0 radical (unpaired) electrons. The Morgan fingerprint density at radius 2 is 1.65 bits per heavy atom. The van der Waals surface area contributed by atoms with Crippen LogP contribution in [-0.2, 0) is 17.5 Å². The first-order valence-electron chi connectivity index (χ1n) is 11.7. The number of carbonyl (C=O) groups excluding carboxylic acids is 2. The van der Waals surface area contributed by atoms with Crippen LogP contribution in [0.2, 0.25) is 0 Å². The average molecular weight is 580 g/mol. The third-order valence-electron chi connectivity index (χ3n) is 5.37. The maximum atomic E-state index is 13.6. The van der Waals surface area contributed by atoms with Crippen LogP contribution < -0.4 is 20.9 Å². The molecular formula is C23H27F6N7O4. The molecule has 3 rings (SSSR count). The number of anilines is 2. The first-order chi connectivity index (χ1) is 18.6. The fraction of sp³-hybridized carbons (Fsp3) is 0.435. The Morgan fingerprint density at radius 1 is 1.02 bits per heavy atom. The predicted octanol–water partition coefficient (Wildman–Crippen LogP) is 2.95. The van der Waals surface area contributed by atoms with Gasteiger partial charge in [-0.2, -0.15) is 26.3 Å². The largest absolute Gasteiger partial charge is 0.490 e. The number of rotatable bonds is 6. The number of halogens is 6. The third kappa shape index (κ3) is 9.55. The number of carbonyl (C=O) groups is 3. The number of piperazine rings is 1. The van der Waals surface area contributed by atoms with Crippen LogP contribution >= 0.6 is 0 Å². The van der Waals surface area contributed by atoms with E-state index in [2.05, 4.69) is 30.8 Å². The van der Waals surface area contributed by atoms with Gasteiger partial charge in [0.05, 0.1) is 5.69 Å². The molecule has 3 heterocycles. The molecule has 0 atom stereocenters. The lowest BCUT2D eigenvalue weighted by Crippen LogP contribution is -2.46. The standard InChI is InChI=1S/C21H26F3N7O2.C2HF3O2/c1-3-26-20(33)29-17-12-14(6-7-27-17)13-30-8-10-31(11-9-30)16-5-4-15(19(32)25-2)28-18(16)21(22,23)24;3-2(4,5)1(6)7/h4-7,12H,3,8-11,13H2,1-2H3,(H,25,32)(H2,26,27,29,33);(H,6,7). The molecule has 0 saturated carbocycles. The smallest absolute Gasteiger partial charge is 0.475 e. The van der Waals surface area contributed by atoms with Crippen molar-refractivity contribution in [3.8, 4) is 0 Å². The van der Waals surface area contributed by atoms with Gasteiger partial charge < -0.3 is 20.6 Å². The summed E-state index contributed by atoms with van der Waals surface area (Å²) in [5.41, 5.74) is -0.445. The highest BCUT2D eigenvalue weighted by Gasteiger charge is 2.39. The summed E-state index contributed by atoms with van der Waals surface area (Å²) in [5.74, 6) is -3.00. The van der Waals surface area contributed by atoms with Gasteiger partial charge in [0.1, 0.15) is 11.5 Å². The number of carboxylic acids is 1. The average Bonchev–Trinajstić information content (AvgIpc) is 2.88. The first-order valence-corrected chi connectivity index (χ1v) is 11.7. The molecular weight excluding hydrogens is 552 g/mol. The molecule has 2 aromatic heterocycles. The molecule has 11 nitrogen and oxygen atoms in total. The molecule has 0 spiro atoms. The number of carboxylic acid groups (broad SMARTS) is 1. The van der Waals surface area contributed by atoms with E-state index >= 15 is 0 Å². The molecule has 1 aliphatic heterocycles. The van der Waals surface area contributed by atoms with Crippen LogP contribution in [0.15, 0.2) is 30.5 Å². The molecule has 2 aromatic rings. The van der Waals surface area contributed by atoms with E-state index in [9.17, 15) is 35.9 Å². The Labute approximate surface area is 224 Å². The van der Waals surface area contributed by atoms with Gasteiger partial charge in [-0.3, -0.25) is 15.0 Å². The summed E-state index contributed by atoms with van der Waals surface area (Å²) in [6.07, 6.45) is -8.16. The Bertz CT molecular complexity index is 1190. The fourth-order valence-corrected chi connectivity index (χ4v) is 3.54. The first kappa shape index (κ1) is 32.1. The normalized spacial score (nSPS) is 14.1. The Morgan fingerprint density at radius 3 is 2.17 bits per heavy atom. The zero-order chi connectivity index (χ0) is 30.1. The number of alkyl halides is 6. The lowest BCUT2D eigenvalue weighted by Gasteiger charge is -2.37. The van der Waals surface area contributed by atoms with Crippen LogP contribution in [0.4, 0.5) is 42.6 Å². The molecule has 1 aliphatic rings. The molecule has 3 amide bonds. The van der Waals surface area contributed by atoms with Crippen LogP contribution in [0.25, 0.3) is 0 Å². The Kier molecular flexibility index (Phi) is 11.0. The number of amides is 3. The monoisotopic (exact) mass is 579 g/mol. The molecule has 0 unspecified atom stereocenters. The van der Waals surface area contributed by atoms with E-state index < -0.39 is 29.9 Å². The molecule has 40 heavy (non-hydrogen) atoms. The van der Waals surface area contributed by atoms with Crippen molar-refractivity contribution in [3.63, 3.8) is 0 Å². The number of pyridine rings is 2. The lowest BCUT2D eigenvalue weighted by atomic mass is 10.1. The molecule has 220 valence electrons. The van der Waals surface area contributed by atoms with Crippen molar-refractivity contribution in [2.24, 2.45) is 0 Å². The van der Waals surface area contributed by atoms with Gasteiger partial charge in [0.25, 0.3) is 5.91 Å². The van der Waals surface area contributed by atoms with E-state index in [-0.39, 0.29) is 17.4 Å². The predicted molar refractivity (Wildman–Crippen MR) is 131 cm³/mol. The van der Waals surface area contributed by atoms with E-state index in [1.165, 1.54) is 19.2 Å². The van der Waals surface area contributed by atoms with E-state index in [1.807, 2.05) is 13.0 Å². The number of nitrogens with one attached hydrogen (secondary N) is 3. The minimum atomic E-state index is -5.08. The minimum absolute atomic E-state index is 0.0351. The SMILES string of the molecule is CCNC(=O)Nc1cc(CN2CCN(c3ccc(C(=O)NC)nc3C(F)(F)F)CC2)ccn1.O=C(O)C(F)(F)F. The van der Waals surface area contributed by atoms with Crippen molar-refractivity contribution in [2.45, 2.75) is 25.8 Å². The summed E-state index contributed by atoms with van der Waals surface area (Å²) >= 11 is 0. The maximum absolute atomic E-state index is 13.6. The minimum Gasteiger partial charge on any atom is -0.475 e. The second-order valence-electron chi connectivity index (χ2n) is 8.24. The number of urea groups is 1. The van der Waals surface area contributed by atoms with Crippen molar-refractivity contribution < 1.29 is 45.8 Å². The van der Waals surface area contributed by atoms with Gasteiger partial charge in [0.2, 0.25) is 0 Å². The number of aliphatic carboxylic acids is 1. The topological polar surface area (TPSA) is 140 Å². The maximum Gasteiger partial charge on any atom is 0.490 e. The van der Waals surface area contributed by atoms with Crippen LogP contribution in [-0.4, -0.2) is 83.8 Å². The van der Waals surface area contributed by atoms with Crippen LogP contribution in [0.1, 0.15) is 28.7 Å². The quantitative estimate of drug-likeness (QED) is 0.383. The van der Waals surface area contributed by atoms with Gasteiger partial charge >= 0.3 is 24.4 Å². The van der Waals surface area contributed by atoms with Crippen molar-refractivity contribution in [1.82, 2.24) is 25.5 Å². The van der Waals surface area contributed by atoms with Crippen molar-refractivity contribution >= 4 is 29.4 Å². The lowest BCUT2D eigenvalue weighted by molar-refractivity contribution is -0.192. The summed E-state index contributed by atoms with van der Waals surface area (Å²) < 4.78 is 72.6. The van der Waals surface area contributed by atoms with Crippen molar-refractivity contribution in [3.05, 3.63) is 47.4 Å². The number of hydrogen-bond acceptors (Lipinski definition) is 7. The molecule has 17 heteroatoms. The highest BCUT2D eigenvalue weighted by atomic mass is 19.4. The summed E-state index contributed by atoms with van der Waals surface area (Å²) in [6.45, 7) is 4.70. The molecule has 0 aromatic carbocycles. The van der Waals surface area contributed by atoms with Gasteiger partial charge in [-0.25, -0.2) is 19.6 Å². The van der Waals surface area contributed by atoms with Gasteiger partial charge in [-0.05, 0) is 36.8 Å². The van der Waals surface area contributed by atoms with Crippen LogP contribution in [0.3, 0.4) is 0 Å². The third-order valence-corrected chi connectivity index (χ3v) is 5.37. The molecule has 4 N–H and O–H groups in total. The van der Waals surface area contributed by atoms with Gasteiger partial charge in [0, 0.05) is 52.5 Å². The van der Waals surface area contributed by atoms with E-state index in [0.717, 1.165) is 5.56 Å². The van der Waals surface area contributed by atoms with E-state index in [0.29, 0.717) is 45.1 Å². The van der Waals surface area contributed by atoms with Crippen LogP contribution in [0, 0.1) is 0 Å². The second kappa shape index (κ2) is 13.8. The van der Waals surface area contributed by atoms with E-state index in [1.54, 1.807) is 17.2 Å². The van der Waals surface area contributed by atoms with Crippen LogP contribution in [0.5, 0.6) is 0 Å². The summed E-state index contributed by atoms with van der Waals surface area (Å²) in [4.78, 5) is 43.7. The molecule has 1 saturated heterocycles. The Balaban J connectivity index is 0.000000708. The number of hydrogen-bond donors (Lipinski definition) is 4. The van der Waals surface area contributed by atoms with Gasteiger partial charge in [0.15, 0.2) is 5.69 Å². The van der Waals surface area contributed by atoms with Gasteiger partial charge in [-0.15, -0.1) is 0 Å². The molecule has 0 aliphatic carbocycles. The van der Waals surface area contributed by atoms with Crippen molar-refractivity contribution in [1.29, 1.82) is 0 Å². The fourth-order valence-electron chi connectivity index (χ4n) is 3.54. The summed E-state index contributed by atoms with van der Waals surface area (Å²) in [5, 5.41) is 14.7. The molecule has 0 bridgehead atoms. The number of aromatic nitrogens is 2. The second-order valence-corrected chi connectivity index (χ2v) is 8.24. The zero-order valence-corrected chi connectivity index (χ0v) is 21.4. The highest BCUT2D eigenvalue weighted by molar-refractivity contribution is 5.92. The van der Waals surface area contributed by atoms with Crippen molar-refractivity contribution in [2.75, 3.05) is 50.0 Å². The number of nitrogens with zero attached hydrogens (tertiary/aromatic N) is 4. The van der Waals surface area contributed by atoms with Gasteiger partial charge in [-0.1, -0.05) is 0 Å². The molecule has 1 fully saturated rings. The van der Waals surface area contributed by atoms with E-state index in [4.69, 9.17) is 9.90 Å². The summed E-state index contributed by atoms with van der Waals surface area (Å²) in [7, 11) is 1.34. The summed E-state index contributed by atoms with van der Waals surface area (Å²) in [6, 6.07) is 5.87.